The number of carboxylic acid groups (broad SMARTS) is 1. The quantitative estimate of drug-likeness (QED) is 0.185. The molecule has 0 radical (unpaired) electrons. The second-order valence-electron chi connectivity index (χ2n) is 20.4. The van der Waals surface area contributed by atoms with Gasteiger partial charge >= 0.3 is 5.97 Å². The standard InChI is InChI=1S/C45H76N4O4/c1-5-46(17-18-48-21-23-49(24-22-48)20-19-47-15-9-6-10-16-47)30-40-35(25-34-11-7-8-12-34)26-41(53-40)44-29-37-33(4)13-14-38(37)43(31-50)28-36(44)27-39(32(2)3)45(43,44)42(51)52/h31-41H,5-30H2,1-4H3,(H,51,52)/t33-,35+,36?,37-,38-,39?,40?,41-,43-,44?,45?/m1/s1. The van der Waals surface area contributed by atoms with Gasteiger partial charge in [-0.15, -0.1) is 0 Å². The molecule has 3 saturated heterocycles. The lowest BCUT2D eigenvalue weighted by molar-refractivity contribution is -0.215. The van der Waals surface area contributed by atoms with Crippen LogP contribution >= 0.6 is 0 Å². The summed E-state index contributed by atoms with van der Waals surface area (Å²) in [7, 11) is 0. The fraction of sp³-hybridized carbons (Fsp3) is 0.956. The Morgan fingerprint density at radius 3 is 2.21 bits per heavy atom. The third kappa shape index (κ3) is 6.41. The van der Waals surface area contributed by atoms with Crippen LogP contribution in [0, 0.1) is 63.6 Å². The summed E-state index contributed by atoms with van der Waals surface area (Å²) in [6, 6.07) is 0. The highest BCUT2D eigenvalue weighted by Crippen LogP contribution is 2.86. The number of fused-ring (bicyclic) bond motifs is 2. The van der Waals surface area contributed by atoms with Crippen LogP contribution in [0.2, 0.25) is 0 Å². The lowest BCUT2D eigenvalue weighted by Gasteiger charge is -2.61. The first kappa shape index (κ1) is 38.8. The minimum Gasteiger partial charge on any atom is -0.481 e. The zero-order valence-corrected chi connectivity index (χ0v) is 34.2. The highest BCUT2D eigenvalue weighted by atomic mass is 16.5. The summed E-state index contributed by atoms with van der Waals surface area (Å²) in [4.78, 5) is 38.8. The third-order valence-electron chi connectivity index (χ3n) is 18.0. The predicted octanol–water partition coefficient (Wildman–Crippen LogP) is 6.77. The van der Waals surface area contributed by atoms with Crippen molar-refractivity contribution in [1.29, 1.82) is 0 Å². The smallest absolute Gasteiger partial charge is 0.311 e. The van der Waals surface area contributed by atoms with Crippen LogP contribution < -0.4 is 0 Å². The number of ether oxygens (including phenoxy) is 1. The molecular weight excluding hydrogens is 661 g/mol. The topological polar surface area (TPSA) is 76.6 Å². The number of likely N-dealkylation sites (N-methyl/N-ethyl adjacent to an activating group) is 1. The number of piperazine rings is 1. The average Bonchev–Trinajstić information content (AvgIpc) is 3.99. The average molecular weight is 737 g/mol. The van der Waals surface area contributed by atoms with Crippen molar-refractivity contribution in [3.8, 4) is 0 Å². The summed E-state index contributed by atoms with van der Waals surface area (Å²) in [5.74, 6) is 2.34. The largest absolute Gasteiger partial charge is 0.481 e. The molecule has 0 aromatic heterocycles. The normalized spacial score (nSPS) is 43.7. The van der Waals surface area contributed by atoms with Gasteiger partial charge in [-0.05, 0) is 118 Å². The second-order valence-corrected chi connectivity index (χ2v) is 20.4. The Morgan fingerprint density at radius 1 is 0.887 bits per heavy atom. The van der Waals surface area contributed by atoms with Gasteiger partial charge in [-0.2, -0.15) is 0 Å². The Labute approximate surface area is 322 Å². The van der Waals surface area contributed by atoms with E-state index >= 15 is 0 Å². The number of piperidine rings is 1. The van der Waals surface area contributed by atoms with Crippen molar-refractivity contribution in [2.75, 3.05) is 78.5 Å². The fourth-order valence-electron chi connectivity index (χ4n) is 15.5. The molecule has 5 unspecified atom stereocenters. The van der Waals surface area contributed by atoms with Crippen LogP contribution in [-0.4, -0.2) is 128 Å². The van der Waals surface area contributed by atoms with Crippen molar-refractivity contribution in [3.63, 3.8) is 0 Å². The molecule has 3 aliphatic heterocycles. The van der Waals surface area contributed by atoms with Crippen LogP contribution in [0.15, 0.2) is 0 Å². The number of likely N-dealkylation sites (tertiary alicyclic amines) is 1. The number of aliphatic carboxylic acids is 1. The summed E-state index contributed by atoms with van der Waals surface area (Å²) in [6.07, 6.45) is 17.9. The number of carbonyl (C=O) groups is 2. The van der Waals surface area contributed by atoms with Gasteiger partial charge in [-0.25, -0.2) is 0 Å². The molecule has 3 heterocycles. The van der Waals surface area contributed by atoms with E-state index in [0.717, 1.165) is 70.6 Å². The van der Waals surface area contributed by atoms with Crippen molar-refractivity contribution < 1.29 is 19.4 Å². The molecule has 8 heteroatoms. The molecule has 8 rings (SSSR count). The highest BCUT2D eigenvalue weighted by Gasteiger charge is 2.88. The predicted molar refractivity (Wildman–Crippen MR) is 211 cm³/mol. The third-order valence-corrected chi connectivity index (χ3v) is 18.0. The van der Waals surface area contributed by atoms with Gasteiger partial charge in [-0.1, -0.05) is 66.2 Å². The van der Waals surface area contributed by atoms with Crippen LogP contribution in [0.5, 0.6) is 0 Å². The minimum absolute atomic E-state index is 0.0362. The molecule has 1 N–H and O–H groups in total. The van der Waals surface area contributed by atoms with Crippen LogP contribution in [0.1, 0.15) is 118 Å². The maximum absolute atomic E-state index is 14.3. The van der Waals surface area contributed by atoms with Crippen LogP contribution in [0.4, 0.5) is 0 Å². The Balaban J connectivity index is 0.989. The summed E-state index contributed by atoms with van der Waals surface area (Å²) in [5.41, 5.74) is -2.20. The first-order valence-corrected chi connectivity index (χ1v) is 22.9. The Bertz CT molecular complexity index is 1280. The van der Waals surface area contributed by atoms with E-state index in [4.69, 9.17) is 4.74 Å². The number of hydrogen-bond donors (Lipinski definition) is 1. The maximum Gasteiger partial charge on any atom is 0.311 e. The molecule has 8 fully saturated rings. The fourth-order valence-corrected chi connectivity index (χ4v) is 15.5. The molecule has 8 nitrogen and oxygen atoms in total. The van der Waals surface area contributed by atoms with E-state index in [-0.39, 0.29) is 35.9 Å². The number of carbonyl (C=O) groups excluding carboxylic acids is 1. The van der Waals surface area contributed by atoms with Gasteiger partial charge in [0.05, 0.1) is 17.6 Å². The van der Waals surface area contributed by atoms with E-state index in [0.29, 0.717) is 17.8 Å². The molecule has 53 heavy (non-hydrogen) atoms. The van der Waals surface area contributed by atoms with Crippen molar-refractivity contribution in [1.82, 2.24) is 19.6 Å². The number of aldehydes is 1. The molecule has 0 aromatic rings. The Morgan fingerprint density at radius 2 is 1.57 bits per heavy atom. The molecule has 0 aromatic carbocycles. The molecule has 0 amide bonds. The van der Waals surface area contributed by atoms with Crippen LogP contribution in [0.25, 0.3) is 0 Å². The van der Waals surface area contributed by atoms with Gasteiger partial charge in [0.15, 0.2) is 0 Å². The van der Waals surface area contributed by atoms with Crippen LogP contribution in [0.3, 0.4) is 0 Å². The number of hydrogen-bond acceptors (Lipinski definition) is 7. The van der Waals surface area contributed by atoms with Crippen molar-refractivity contribution in [2.24, 2.45) is 63.6 Å². The summed E-state index contributed by atoms with van der Waals surface area (Å²) in [5, 5.41) is 11.7. The molecule has 5 saturated carbocycles. The van der Waals surface area contributed by atoms with Gasteiger partial charge in [0.1, 0.15) is 6.29 Å². The SMILES string of the molecule is CCN(CCN1CCN(CCN2CCCCC2)CC1)CC1O[C@@H](C23C[C@@H]4[C@H](C)CC[C@H]4[C@]4(C=O)CC2CC(C(C)C)C34C(=O)O)C[C@@H]1CC1CCCC1. The first-order chi connectivity index (χ1) is 25.7. The van der Waals surface area contributed by atoms with E-state index in [1.54, 1.807) is 0 Å². The van der Waals surface area contributed by atoms with Crippen molar-refractivity contribution in [3.05, 3.63) is 0 Å². The van der Waals surface area contributed by atoms with Gasteiger partial charge < -0.3 is 19.5 Å². The van der Waals surface area contributed by atoms with E-state index in [1.807, 2.05) is 0 Å². The van der Waals surface area contributed by atoms with E-state index < -0.39 is 22.2 Å². The lowest BCUT2D eigenvalue weighted by Crippen LogP contribution is -2.66. The van der Waals surface area contributed by atoms with Crippen LogP contribution in [-0.2, 0) is 14.3 Å². The van der Waals surface area contributed by atoms with Crippen molar-refractivity contribution >= 4 is 12.3 Å². The van der Waals surface area contributed by atoms with E-state index in [2.05, 4.69) is 47.3 Å². The molecule has 300 valence electrons. The monoisotopic (exact) mass is 737 g/mol. The minimum atomic E-state index is -1.01. The zero-order chi connectivity index (χ0) is 37.0. The van der Waals surface area contributed by atoms with Gasteiger partial charge in [0, 0.05) is 69.7 Å². The summed E-state index contributed by atoms with van der Waals surface area (Å²) >= 11 is 0. The highest BCUT2D eigenvalue weighted by molar-refractivity contribution is 5.86. The van der Waals surface area contributed by atoms with E-state index in [1.165, 1.54) is 110 Å². The maximum atomic E-state index is 14.3. The summed E-state index contributed by atoms with van der Waals surface area (Å²) in [6.45, 7) is 23.1. The van der Waals surface area contributed by atoms with Gasteiger partial charge in [0.2, 0.25) is 0 Å². The molecular formula is C45H76N4O4. The number of carboxylic acids is 1. The first-order valence-electron chi connectivity index (χ1n) is 22.9. The molecule has 0 spiro atoms. The Hall–Kier alpha value is -1.06. The molecule has 4 bridgehead atoms. The molecule has 11 atom stereocenters. The number of nitrogens with zero attached hydrogens (tertiary/aromatic N) is 4. The molecule has 8 aliphatic rings. The lowest BCUT2D eigenvalue weighted by atomic mass is 9.40. The van der Waals surface area contributed by atoms with Crippen molar-refractivity contribution in [2.45, 2.75) is 130 Å². The number of rotatable bonds is 15. The summed E-state index contributed by atoms with van der Waals surface area (Å²) < 4.78 is 7.57. The molecule has 5 aliphatic carbocycles. The van der Waals surface area contributed by atoms with Gasteiger partial charge in [-0.3, -0.25) is 19.5 Å². The van der Waals surface area contributed by atoms with E-state index in [9.17, 15) is 14.7 Å². The second kappa shape index (κ2) is 15.7. The Kier molecular flexibility index (Phi) is 11.5. The van der Waals surface area contributed by atoms with Gasteiger partial charge in [0.25, 0.3) is 0 Å². The zero-order valence-electron chi connectivity index (χ0n) is 34.2.